The number of methoxy groups -OCH3 is 2. The van der Waals surface area contributed by atoms with Crippen LogP contribution in [0.1, 0.15) is 0 Å². The van der Waals surface area contributed by atoms with E-state index in [0.717, 1.165) is 22.2 Å². The summed E-state index contributed by atoms with van der Waals surface area (Å²) in [7, 11) is 3.18. The van der Waals surface area contributed by atoms with Gasteiger partial charge in [0.05, 0.1) is 20.8 Å². The van der Waals surface area contributed by atoms with E-state index in [2.05, 4.69) is 22.4 Å². The number of nitrogens with one attached hydrogen (secondary N) is 1. The number of guanidine groups is 1. The molecule has 0 aromatic heterocycles. The van der Waals surface area contributed by atoms with Gasteiger partial charge in [0, 0.05) is 17.1 Å². The van der Waals surface area contributed by atoms with Crippen LogP contribution in [-0.4, -0.2) is 33.3 Å². The number of fused-ring (bicyclic) bond motifs is 1. The molecule has 0 radical (unpaired) electrons. The maximum atomic E-state index is 5.95. The highest BCUT2D eigenvalue weighted by atomic mass is 127. The van der Waals surface area contributed by atoms with Gasteiger partial charge < -0.3 is 25.3 Å². The largest absolute Gasteiger partial charge is 0.493 e. The van der Waals surface area contributed by atoms with Crippen LogP contribution in [0.15, 0.2) is 65.7 Å². The molecule has 3 aromatic rings. The molecule has 3 rings (SSSR count). The molecule has 0 bridgehead atoms. The Kier molecular flexibility index (Phi) is 8.19. The average molecular weight is 493 g/mol. The second-order valence-corrected chi connectivity index (χ2v) is 5.79. The van der Waals surface area contributed by atoms with Gasteiger partial charge in [-0.1, -0.05) is 36.4 Å². The van der Waals surface area contributed by atoms with Gasteiger partial charge in [-0.2, -0.15) is 0 Å². The van der Waals surface area contributed by atoms with E-state index in [4.69, 9.17) is 19.9 Å². The zero-order valence-corrected chi connectivity index (χ0v) is 18.2. The Morgan fingerprint density at radius 3 is 2.46 bits per heavy atom. The van der Waals surface area contributed by atoms with Gasteiger partial charge in [0.2, 0.25) is 0 Å². The molecule has 0 aliphatic rings. The average Bonchev–Trinajstić information content (AvgIpc) is 2.71. The van der Waals surface area contributed by atoms with Gasteiger partial charge >= 0.3 is 0 Å². The second kappa shape index (κ2) is 10.6. The van der Waals surface area contributed by atoms with E-state index in [1.807, 2.05) is 36.4 Å². The summed E-state index contributed by atoms with van der Waals surface area (Å²) in [5.41, 5.74) is 6.72. The smallest absolute Gasteiger partial charge is 0.193 e. The minimum absolute atomic E-state index is 0. The van der Waals surface area contributed by atoms with Crippen molar-refractivity contribution in [2.75, 3.05) is 32.7 Å². The molecule has 7 heteroatoms. The standard InChI is InChI=1S/C21H23N3O3.HI/c1-25-19-11-10-16(14-20(19)26-2)24-21(22)23-12-13-27-18-9-5-7-15-6-3-4-8-17(15)18;/h3-11,14H,12-13H2,1-2H3,(H3,22,23,24);1H. The third kappa shape index (κ3) is 5.41. The van der Waals surface area contributed by atoms with Crippen molar-refractivity contribution in [1.29, 1.82) is 0 Å². The molecule has 0 saturated heterocycles. The summed E-state index contributed by atoms with van der Waals surface area (Å²) in [5, 5.41) is 5.26. The van der Waals surface area contributed by atoms with Crippen LogP contribution in [0, 0.1) is 0 Å². The molecule has 0 unspecified atom stereocenters. The molecule has 0 heterocycles. The molecular formula is C21H24IN3O3. The monoisotopic (exact) mass is 493 g/mol. The number of hydrogen-bond donors (Lipinski definition) is 2. The van der Waals surface area contributed by atoms with E-state index in [-0.39, 0.29) is 24.0 Å². The molecule has 28 heavy (non-hydrogen) atoms. The minimum Gasteiger partial charge on any atom is -0.493 e. The predicted octanol–water partition coefficient (Wildman–Crippen LogP) is 4.28. The summed E-state index contributed by atoms with van der Waals surface area (Å²) in [6.07, 6.45) is 0. The topological polar surface area (TPSA) is 78.1 Å². The first-order valence-corrected chi connectivity index (χ1v) is 8.61. The quantitative estimate of drug-likeness (QED) is 0.222. The Bertz CT molecular complexity index is 942. The van der Waals surface area contributed by atoms with Crippen molar-refractivity contribution in [2.24, 2.45) is 10.7 Å². The number of rotatable bonds is 7. The van der Waals surface area contributed by atoms with Gasteiger partial charge in [-0.25, -0.2) is 4.99 Å². The first kappa shape index (κ1) is 21.6. The van der Waals surface area contributed by atoms with Crippen LogP contribution in [0.4, 0.5) is 5.69 Å². The highest BCUT2D eigenvalue weighted by molar-refractivity contribution is 14.0. The first-order valence-electron chi connectivity index (χ1n) is 8.61. The maximum Gasteiger partial charge on any atom is 0.193 e. The Morgan fingerprint density at radius 2 is 1.68 bits per heavy atom. The molecule has 0 saturated carbocycles. The van der Waals surface area contributed by atoms with Crippen LogP contribution in [0.2, 0.25) is 0 Å². The number of hydrogen-bond acceptors (Lipinski definition) is 4. The maximum absolute atomic E-state index is 5.95. The molecule has 6 nitrogen and oxygen atoms in total. The number of nitrogens with zero attached hydrogens (tertiary/aromatic N) is 1. The third-order valence-electron chi connectivity index (χ3n) is 4.04. The first-order chi connectivity index (χ1) is 13.2. The van der Waals surface area contributed by atoms with E-state index >= 15 is 0 Å². The Hall–Kier alpha value is -2.68. The number of benzene rings is 3. The number of aliphatic imine (C=N–C) groups is 1. The summed E-state index contributed by atoms with van der Waals surface area (Å²) in [6, 6.07) is 19.6. The van der Waals surface area contributed by atoms with Gasteiger partial charge in [0.1, 0.15) is 12.4 Å². The lowest BCUT2D eigenvalue weighted by molar-refractivity contribution is 0.332. The molecule has 148 valence electrons. The molecule has 0 aliphatic heterocycles. The number of ether oxygens (including phenoxy) is 3. The van der Waals surface area contributed by atoms with Gasteiger partial charge in [-0.15, -0.1) is 24.0 Å². The van der Waals surface area contributed by atoms with Crippen molar-refractivity contribution in [1.82, 2.24) is 0 Å². The van der Waals surface area contributed by atoms with E-state index in [1.54, 1.807) is 26.4 Å². The van der Waals surface area contributed by atoms with Crippen LogP contribution in [-0.2, 0) is 0 Å². The van der Waals surface area contributed by atoms with Gasteiger partial charge in [0.25, 0.3) is 0 Å². The Labute approximate surface area is 181 Å². The van der Waals surface area contributed by atoms with E-state index in [0.29, 0.717) is 30.6 Å². The lowest BCUT2D eigenvalue weighted by Crippen LogP contribution is -2.23. The zero-order chi connectivity index (χ0) is 19.1. The van der Waals surface area contributed by atoms with Gasteiger partial charge in [-0.3, -0.25) is 0 Å². The fraction of sp³-hybridized carbons (Fsp3) is 0.190. The van der Waals surface area contributed by atoms with Gasteiger partial charge in [0.15, 0.2) is 17.5 Å². The van der Waals surface area contributed by atoms with Crippen molar-refractivity contribution in [3.05, 3.63) is 60.7 Å². The summed E-state index contributed by atoms with van der Waals surface area (Å²) in [5.74, 6) is 2.43. The van der Waals surface area contributed by atoms with Crippen LogP contribution in [0.25, 0.3) is 10.8 Å². The Morgan fingerprint density at radius 1 is 0.929 bits per heavy atom. The number of anilines is 1. The molecule has 0 spiro atoms. The van der Waals surface area contributed by atoms with Gasteiger partial charge in [-0.05, 0) is 23.6 Å². The highest BCUT2D eigenvalue weighted by Gasteiger charge is 2.05. The number of nitrogens with two attached hydrogens (primary N) is 1. The van der Waals surface area contributed by atoms with Crippen LogP contribution in [0.3, 0.4) is 0 Å². The van der Waals surface area contributed by atoms with Crippen molar-refractivity contribution in [3.63, 3.8) is 0 Å². The summed E-state index contributed by atoms with van der Waals surface area (Å²) in [4.78, 5) is 4.30. The highest BCUT2D eigenvalue weighted by Crippen LogP contribution is 2.29. The Balaban J connectivity index is 0.00000280. The van der Waals surface area contributed by atoms with E-state index in [9.17, 15) is 0 Å². The fourth-order valence-corrected chi connectivity index (χ4v) is 2.74. The molecule has 0 atom stereocenters. The molecule has 0 fully saturated rings. The van der Waals surface area contributed by atoms with E-state index < -0.39 is 0 Å². The molecule has 0 amide bonds. The summed E-state index contributed by atoms with van der Waals surface area (Å²) < 4.78 is 16.4. The molecule has 3 aromatic carbocycles. The molecule has 0 aliphatic carbocycles. The van der Waals surface area contributed by atoms with Crippen LogP contribution < -0.4 is 25.3 Å². The second-order valence-electron chi connectivity index (χ2n) is 5.79. The lowest BCUT2D eigenvalue weighted by Gasteiger charge is -2.11. The lowest BCUT2D eigenvalue weighted by atomic mass is 10.1. The van der Waals surface area contributed by atoms with Crippen LogP contribution >= 0.6 is 24.0 Å². The molecule has 3 N–H and O–H groups in total. The third-order valence-corrected chi connectivity index (χ3v) is 4.04. The SMILES string of the molecule is COc1ccc(NC(N)=NCCOc2cccc3ccccc23)cc1OC.I. The van der Waals surface area contributed by atoms with E-state index in [1.165, 1.54) is 0 Å². The van der Waals surface area contributed by atoms with Crippen molar-refractivity contribution in [2.45, 2.75) is 0 Å². The normalized spacial score (nSPS) is 10.9. The van der Waals surface area contributed by atoms with Crippen molar-refractivity contribution >= 4 is 46.4 Å². The molecular weight excluding hydrogens is 469 g/mol. The minimum atomic E-state index is 0. The van der Waals surface area contributed by atoms with Crippen LogP contribution in [0.5, 0.6) is 17.2 Å². The van der Waals surface area contributed by atoms with Crippen molar-refractivity contribution < 1.29 is 14.2 Å². The summed E-state index contributed by atoms with van der Waals surface area (Å²) in [6.45, 7) is 0.873. The predicted molar refractivity (Wildman–Crippen MR) is 125 cm³/mol. The summed E-state index contributed by atoms with van der Waals surface area (Å²) >= 11 is 0. The number of halogens is 1. The zero-order valence-electron chi connectivity index (χ0n) is 15.8. The fourth-order valence-electron chi connectivity index (χ4n) is 2.74. The van der Waals surface area contributed by atoms with Crippen molar-refractivity contribution in [3.8, 4) is 17.2 Å².